The van der Waals surface area contributed by atoms with Crippen molar-refractivity contribution >= 4 is 17.4 Å². The molecule has 0 spiro atoms. The second-order valence-electron chi connectivity index (χ2n) is 4.90. The molecule has 0 aromatic heterocycles. The summed E-state index contributed by atoms with van der Waals surface area (Å²) in [6, 6.07) is 1.21. The summed E-state index contributed by atoms with van der Waals surface area (Å²) in [5, 5.41) is 2.54. The number of Topliss-reactive ketones (excluding diaryl/α,β-unsaturated/α-hetero) is 1. The minimum atomic E-state index is -0.401. The molecule has 1 aromatic rings. The standard InChI is InChI=1S/C14H17FN2O2/c1-7-10-4-3-9(6-16)14(19)13(10)12(5-11(7)15)17-8(2)18/h5,9H,3-4,6,16H2,1-2H3,(H,17,18). The Morgan fingerprint density at radius 1 is 1.58 bits per heavy atom. The van der Waals surface area contributed by atoms with Crippen molar-refractivity contribution in [1.82, 2.24) is 0 Å². The smallest absolute Gasteiger partial charge is 0.221 e. The van der Waals surface area contributed by atoms with E-state index in [1.54, 1.807) is 6.92 Å². The lowest BCUT2D eigenvalue weighted by atomic mass is 9.80. The molecule has 5 heteroatoms. The molecule has 3 N–H and O–H groups in total. The number of hydrogen-bond donors (Lipinski definition) is 2. The molecule has 0 saturated heterocycles. The van der Waals surface area contributed by atoms with E-state index in [1.807, 2.05) is 0 Å². The Bertz CT molecular complexity index is 555. The third-order valence-electron chi connectivity index (χ3n) is 3.61. The predicted octanol–water partition coefficient (Wildman–Crippen LogP) is 1.80. The van der Waals surface area contributed by atoms with E-state index in [4.69, 9.17) is 5.73 Å². The molecular weight excluding hydrogens is 247 g/mol. The Morgan fingerprint density at radius 2 is 2.26 bits per heavy atom. The third-order valence-corrected chi connectivity index (χ3v) is 3.61. The highest BCUT2D eigenvalue weighted by molar-refractivity contribution is 6.08. The first-order chi connectivity index (χ1) is 8.95. The third kappa shape index (κ3) is 2.38. The van der Waals surface area contributed by atoms with Crippen LogP contribution in [0.3, 0.4) is 0 Å². The Kier molecular flexibility index (Phi) is 3.66. The predicted molar refractivity (Wildman–Crippen MR) is 70.6 cm³/mol. The number of benzene rings is 1. The van der Waals surface area contributed by atoms with Crippen LogP contribution in [0.25, 0.3) is 0 Å². The highest BCUT2D eigenvalue weighted by Crippen LogP contribution is 2.34. The first kappa shape index (κ1) is 13.7. The first-order valence-corrected chi connectivity index (χ1v) is 6.29. The van der Waals surface area contributed by atoms with Gasteiger partial charge in [0.05, 0.1) is 5.69 Å². The number of fused-ring (bicyclic) bond motifs is 1. The van der Waals surface area contributed by atoms with Gasteiger partial charge in [0.2, 0.25) is 5.91 Å². The van der Waals surface area contributed by atoms with Crippen molar-refractivity contribution < 1.29 is 14.0 Å². The van der Waals surface area contributed by atoms with Gasteiger partial charge >= 0.3 is 0 Å². The Morgan fingerprint density at radius 3 is 2.84 bits per heavy atom. The van der Waals surface area contributed by atoms with Crippen molar-refractivity contribution in [3.8, 4) is 0 Å². The lowest BCUT2D eigenvalue weighted by molar-refractivity contribution is -0.114. The Labute approximate surface area is 111 Å². The topological polar surface area (TPSA) is 72.2 Å². The van der Waals surface area contributed by atoms with E-state index < -0.39 is 5.82 Å². The molecule has 0 aliphatic heterocycles. The SMILES string of the molecule is CC(=O)Nc1cc(F)c(C)c2c1C(=O)C(CN)CC2. The maximum Gasteiger partial charge on any atom is 0.221 e. The van der Waals surface area contributed by atoms with E-state index in [2.05, 4.69) is 5.32 Å². The van der Waals surface area contributed by atoms with Gasteiger partial charge in [-0.3, -0.25) is 9.59 Å². The number of ketones is 1. The maximum atomic E-state index is 13.8. The van der Waals surface area contributed by atoms with E-state index in [1.165, 1.54) is 13.0 Å². The summed E-state index contributed by atoms with van der Waals surface area (Å²) in [5.74, 6) is -1.07. The number of hydrogen-bond acceptors (Lipinski definition) is 3. The van der Waals surface area contributed by atoms with Gasteiger partial charge in [-0.25, -0.2) is 4.39 Å². The zero-order chi connectivity index (χ0) is 14.2. The number of amides is 1. The Hall–Kier alpha value is -1.75. The molecule has 0 saturated carbocycles. The summed E-state index contributed by atoms with van der Waals surface area (Å²) in [6.07, 6.45) is 1.24. The second kappa shape index (κ2) is 5.09. The fraction of sp³-hybridized carbons (Fsp3) is 0.429. The summed E-state index contributed by atoms with van der Waals surface area (Å²) in [4.78, 5) is 23.5. The molecule has 102 valence electrons. The normalized spacial score (nSPS) is 18.1. The molecule has 1 aliphatic rings. The van der Waals surface area contributed by atoms with Gasteiger partial charge in [0, 0.05) is 24.9 Å². The van der Waals surface area contributed by atoms with Crippen molar-refractivity contribution in [3.63, 3.8) is 0 Å². The average molecular weight is 264 g/mol. The lowest BCUT2D eigenvalue weighted by Gasteiger charge is -2.26. The van der Waals surface area contributed by atoms with Crippen LogP contribution in [0.1, 0.15) is 34.8 Å². The molecular formula is C14H17FN2O2. The second-order valence-corrected chi connectivity index (χ2v) is 4.90. The largest absolute Gasteiger partial charge is 0.330 e. The van der Waals surface area contributed by atoms with Gasteiger partial charge in [-0.15, -0.1) is 0 Å². The fourth-order valence-electron chi connectivity index (χ4n) is 2.56. The molecule has 2 rings (SSSR count). The van der Waals surface area contributed by atoms with Crippen LogP contribution in [0.15, 0.2) is 6.07 Å². The number of anilines is 1. The quantitative estimate of drug-likeness (QED) is 0.855. The van der Waals surface area contributed by atoms with Gasteiger partial charge in [-0.05, 0) is 37.0 Å². The van der Waals surface area contributed by atoms with Crippen molar-refractivity contribution in [1.29, 1.82) is 0 Å². The molecule has 0 bridgehead atoms. The first-order valence-electron chi connectivity index (χ1n) is 6.29. The molecule has 0 heterocycles. The molecule has 0 fully saturated rings. The summed E-state index contributed by atoms with van der Waals surface area (Å²) in [6.45, 7) is 3.26. The van der Waals surface area contributed by atoms with E-state index in [-0.39, 0.29) is 29.8 Å². The van der Waals surface area contributed by atoms with E-state index >= 15 is 0 Å². The molecule has 1 aromatic carbocycles. The zero-order valence-electron chi connectivity index (χ0n) is 11.0. The van der Waals surface area contributed by atoms with Crippen LogP contribution in [0, 0.1) is 18.7 Å². The van der Waals surface area contributed by atoms with E-state index in [0.29, 0.717) is 29.5 Å². The fourth-order valence-corrected chi connectivity index (χ4v) is 2.56. The number of rotatable bonds is 2. The molecule has 19 heavy (non-hydrogen) atoms. The van der Waals surface area contributed by atoms with Gasteiger partial charge in [-0.2, -0.15) is 0 Å². The number of nitrogens with two attached hydrogens (primary N) is 1. The van der Waals surface area contributed by atoms with Crippen molar-refractivity contribution in [2.24, 2.45) is 11.7 Å². The van der Waals surface area contributed by atoms with Crippen molar-refractivity contribution in [2.75, 3.05) is 11.9 Å². The minimum absolute atomic E-state index is 0.101. The van der Waals surface area contributed by atoms with Gasteiger partial charge in [0.1, 0.15) is 5.82 Å². The average Bonchev–Trinajstić information content (AvgIpc) is 2.34. The molecule has 4 nitrogen and oxygen atoms in total. The summed E-state index contributed by atoms with van der Waals surface area (Å²) in [5.41, 5.74) is 7.45. The van der Waals surface area contributed by atoms with Gasteiger partial charge < -0.3 is 11.1 Å². The van der Waals surface area contributed by atoms with Gasteiger partial charge in [0.25, 0.3) is 0 Å². The lowest BCUT2D eigenvalue weighted by Crippen LogP contribution is -2.31. The zero-order valence-corrected chi connectivity index (χ0v) is 11.0. The minimum Gasteiger partial charge on any atom is -0.330 e. The number of carbonyl (C=O) groups excluding carboxylic acids is 2. The highest BCUT2D eigenvalue weighted by atomic mass is 19.1. The van der Waals surface area contributed by atoms with Crippen molar-refractivity contribution in [2.45, 2.75) is 26.7 Å². The van der Waals surface area contributed by atoms with Crippen LogP contribution in [-0.2, 0) is 11.2 Å². The Balaban J connectivity index is 2.60. The summed E-state index contributed by atoms with van der Waals surface area (Å²) < 4.78 is 13.8. The number of carbonyl (C=O) groups is 2. The molecule has 1 aliphatic carbocycles. The summed E-state index contributed by atoms with van der Waals surface area (Å²) in [7, 11) is 0. The number of nitrogens with one attached hydrogen (secondary N) is 1. The van der Waals surface area contributed by atoms with Crippen molar-refractivity contribution in [3.05, 3.63) is 28.6 Å². The molecule has 1 unspecified atom stereocenters. The van der Waals surface area contributed by atoms with Gasteiger partial charge in [-0.1, -0.05) is 0 Å². The van der Waals surface area contributed by atoms with Crippen LogP contribution in [0.2, 0.25) is 0 Å². The van der Waals surface area contributed by atoms with Crippen LogP contribution in [0.5, 0.6) is 0 Å². The van der Waals surface area contributed by atoms with Crippen LogP contribution in [-0.4, -0.2) is 18.2 Å². The van der Waals surface area contributed by atoms with Crippen LogP contribution < -0.4 is 11.1 Å². The molecule has 0 radical (unpaired) electrons. The molecule has 1 atom stereocenters. The number of halogens is 1. The van der Waals surface area contributed by atoms with E-state index in [0.717, 1.165) is 0 Å². The van der Waals surface area contributed by atoms with Crippen LogP contribution >= 0.6 is 0 Å². The van der Waals surface area contributed by atoms with E-state index in [9.17, 15) is 14.0 Å². The molecule has 1 amide bonds. The monoisotopic (exact) mass is 264 g/mol. The van der Waals surface area contributed by atoms with Crippen LogP contribution in [0.4, 0.5) is 10.1 Å². The summed E-state index contributed by atoms with van der Waals surface area (Å²) >= 11 is 0. The van der Waals surface area contributed by atoms with Gasteiger partial charge in [0.15, 0.2) is 5.78 Å². The maximum absolute atomic E-state index is 13.8. The highest BCUT2D eigenvalue weighted by Gasteiger charge is 2.31.